The van der Waals surface area contributed by atoms with Gasteiger partial charge in [-0.2, -0.15) is 0 Å². The Balaban J connectivity index is 2.20. The molecule has 1 aromatic heterocycles. The van der Waals surface area contributed by atoms with Crippen LogP contribution in [0.4, 0.5) is 5.82 Å². The fraction of sp³-hybridized carbons (Fsp3) is 0.667. The van der Waals surface area contributed by atoms with E-state index in [9.17, 15) is 13.2 Å². The molecule has 106 valence electrons. The summed E-state index contributed by atoms with van der Waals surface area (Å²) < 4.78 is 24.7. The van der Waals surface area contributed by atoms with Crippen LogP contribution in [0.3, 0.4) is 0 Å². The Kier molecular flexibility index (Phi) is 3.93. The third-order valence-electron chi connectivity index (χ3n) is 3.23. The van der Waals surface area contributed by atoms with Gasteiger partial charge in [0.1, 0.15) is 0 Å². The molecular formula is C12H19N3O3S. The summed E-state index contributed by atoms with van der Waals surface area (Å²) in [5.41, 5.74) is -0.208. The molecule has 0 saturated carbocycles. The van der Waals surface area contributed by atoms with E-state index in [1.54, 1.807) is 17.0 Å². The van der Waals surface area contributed by atoms with E-state index in [-0.39, 0.29) is 35.0 Å². The van der Waals surface area contributed by atoms with Crippen molar-refractivity contribution in [3.05, 3.63) is 22.7 Å². The van der Waals surface area contributed by atoms with Gasteiger partial charge in [-0.15, -0.1) is 0 Å². The maximum atomic E-state index is 12.1. The van der Waals surface area contributed by atoms with Gasteiger partial charge in [-0.1, -0.05) is 0 Å². The van der Waals surface area contributed by atoms with Crippen molar-refractivity contribution in [3.63, 3.8) is 0 Å². The lowest BCUT2D eigenvalue weighted by Gasteiger charge is -2.23. The smallest absolute Gasteiger partial charge is 0.293 e. The second-order valence-corrected chi connectivity index (χ2v) is 7.41. The predicted octanol–water partition coefficient (Wildman–Crippen LogP) is 0.813. The molecule has 2 rings (SSSR count). The number of sulfone groups is 1. The quantitative estimate of drug-likeness (QED) is 0.889. The first kappa shape index (κ1) is 14.0. The second kappa shape index (κ2) is 5.32. The van der Waals surface area contributed by atoms with Crippen LogP contribution in [-0.4, -0.2) is 35.5 Å². The minimum atomic E-state index is -2.99. The molecular weight excluding hydrogens is 266 g/mol. The summed E-state index contributed by atoms with van der Waals surface area (Å²) in [5, 5.41) is 2.98. The van der Waals surface area contributed by atoms with Gasteiger partial charge in [0.2, 0.25) is 0 Å². The molecule has 0 amide bonds. The lowest BCUT2D eigenvalue weighted by molar-refractivity contribution is 0.556. The van der Waals surface area contributed by atoms with Crippen LogP contribution in [0, 0.1) is 0 Å². The average molecular weight is 285 g/mol. The molecule has 7 heteroatoms. The first-order valence-electron chi connectivity index (χ1n) is 6.43. The van der Waals surface area contributed by atoms with Gasteiger partial charge in [0, 0.05) is 24.5 Å². The van der Waals surface area contributed by atoms with Crippen molar-refractivity contribution in [2.24, 2.45) is 0 Å². The summed E-state index contributed by atoms with van der Waals surface area (Å²) in [4.78, 5) is 16.2. The zero-order chi connectivity index (χ0) is 14.0. The Hall–Kier alpha value is -1.37. The molecule has 2 heterocycles. The number of rotatable bonds is 3. The van der Waals surface area contributed by atoms with Crippen molar-refractivity contribution in [3.8, 4) is 0 Å². The summed E-state index contributed by atoms with van der Waals surface area (Å²) in [6.07, 6.45) is 4.57. The first-order chi connectivity index (χ1) is 8.89. The molecule has 1 unspecified atom stereocenters. The van der Waals surface area contributed by atoms with Gasteiger partial charge in [-0.05, 0) is 26.7 Å². The number of anilines is 1. The lowest BCUT2D eigenvalue weighted by atomic mass is 10.2. The Morgan fingerprint density at radius 1 is 1.47 bits per heavy atom. The van der Waals surface area contributed by atoms with E-state index in [0.717, 1.165) is 6.42 Å². The van der Waals surface area contributed by atoms with Crippen molar-refractivity contribution >= 4 is 15.7 Å². The maximum Gasteiger partial charge on any atom is 0.293 e. The molecule has 1 saturated heterocycles. The Morgan fingerprint density at radius 2 is 2.21 bits per heavy atom. The topological polar surface area (TPSA) is 81.1 Å². The van der Waals surface area contributed by atoms with Crippen LogP contribution in [0.25, 0.3) is 0 Å². The molecule has 1 aromatic rings. The molecule has 19 heavy (non-hydrogen) atoms. The molecule has 0 bridgehead atoms. The predicted molar refractivity (Wildman–Crippen MR) is 74.2 cm³/mol. The molecule has 1 N–H and O–H groups in total. The van der Waals surface area contributed by atoms with E-state index in [1.165, 1.54) is 0 Å². The van der Waals surface area contributed by atoms with Crippen molar-refractivity contribution in [2.45, 2.75) is 38.8 Å². The molecule has 1 fully saturated rings. The molecule has 0 aromatic carbocycles. The standard InChI is InChI=1S/C12H19N3O3S/c1-9(2)15-6-5-13-11(12(15)16)14-10-4-3-7-19(17,18)8-10/h5-6,9-10H,3-4,7-8H2,1-2H3,(H,13,14). The van der Waals surface area contributed by atoms with Crippen LogP contribution in [0.15, 0.2) is 17.2 Å². The van der Waals surface area contributed by atoms with Crippen LogP contribution in [0.2, 0.25) is 0 Å². The van der Waals surface area contributed by atoms with Gasteiger partial charge < -0.3 is 9.88 Å². The molecule has 1 aliphatic rings. The molecule has 0 radical (unpaired) electrons. The third-order valence-corrected chi connectivity index (χ3v) is 5.05. The van der Waals surface area contributed by atoms with Gasteiger partial charge in [-0.3, -0.25) is 4.79 Å². The van der Waals surface area contributed by atoms with Crippen LogP contribution < -0.4 is 10.9 Å². The molecule has 1 aliphatic heterocycles. The fourth-order valence-electron chi connectivity index (χ4n) is 2.26. The highest BCUT2D eigenvalue weighted by Gasteiger charge is 2.25. The Bertz CT molecular complexity index is 607. The molecule has 6 nitrogen and oxygen atoms in total. The van der Waals surface area contributed by atoms with Crippen LogP contribution in [0.1, 0.15) is 32.7 Å². The number of aromatic nitrogens is 2. The summed E-state index contributed by atoms with van der Waals surface area (Å²) in [6, 6.07) is -0.173. The average Bonchev–Trinajstić information content (AvgIpc) is 2.30. The highest BCUT2D eigenvalue weighted by Crippen LogP contribution is 2.15. The number of nitrogens with zero attached hydrogens (tertiary/aromatic N) is 2. The highest BCUT2D eigenvalue weighted by atomic mass is 32.2. The van der Waals surface area contributed by atoms with Crippen LogP contribution in [-0.2, 0) is 9.84 Å². The monoisotopic (exact) mass is 285 g/mol. The molecule has 1 atom stereocenters. The zero-order valence-electron chi connectivity index (χ0n) is 11.2. The number of hydrogen-bond acceptors (Lipinski definition) is 5. The van der Waals surface area contributed by atoms with Crippen molar-refractivity contribution in [1.82, 2.24) is 9.55 Å². The minimum Gasteiger partial charge on any atom is -0.362 e. The number of hydrogen-bond donors (Lipinski definition) is 1. The summed E-state index contributed by atoms with van der Waals surface area (Å²) >= 11 is 0. The number of nitrogens with one attached hydrogen (secondary N) is 1. The zero-order valence-corrected chi connectivity index (χ0v) is 12.0. The van der Waals surface area contributed by atoms with E-state index in [2.05, 4.69) is 10.3 Å². The molecule has 0 spiro atoms. The summed E-state index contributed by atoms with van der Waals surface area (Å²) in [6.45, 7) is 3.83. The maximum absolute atomic E-state index is 12.1. The van der Waals surface area contributed by atoms with Crippen LogP contribution >= 0.6 is 0 Å². The van der Waals surface area contributed by atoms with Gasteiger partial charge in [0.25, 0.3) is 5.56 Å². The largest absolute Gasteiger partial charge is 0.362 e. The van der Waals surface area contributed by atoms with E-state index < -0.39 is 9.84 Å². The molecule has 0 aliphatic carbocycles. The van der Waals surface area contributed by atoms with Gasteiger partial charge in [0.05, 0.1) is 11.5 Å². The highest BCUT2D eigenvalue weighted by molar-refractivity contribution is 7.91. The first-order valence-corrected chi connectivity index (χ1v) is 8.25. The van der Waals surface area contributed by atoms with Gasteiger partial charge in [0.15, 0.2) is 15.7 Å². The van der Waals surface area contributed by atoms with Gasteiger partial charge in [-0.25, -0.2) is 13.4 Å². The van der Waals surface area contributed by atoms with Crippen molar-refractivity contribution in [1.29, 1.82) is 0 Å². The van der Waals surface area contributed by atoms with E-state index in [0.29, 0.717) is 6.42 Å². The fourth-order valence-corrected chi connectivity index (χ4v) is 3.90. The SMILES string of the molecule is CC(C)n1ccnc(NC2CCCS(=O)(=O)C2)c1=O. The second-order valence-electron chi connectivity index (χ2n) is 5.18. The normalized spacial score (nSPS) is 22.4. The van der Waals surface area contributed by atoms with E-state index in [4.69, 9.17) is 0 Å². The lowest BCUT2D eigenvalue weighted by Crippen LogP contribution is -2.37. The minimum absolute atomic E-state index is 0.0474. The summed E-state index contributed by atoms with van der Waals surface area (Å²) in [7, 11) is -2.99. The van der Waals surface area contributed by atoms with Crippen molar-refractivity contribution in [2.75, 3.05) is 16.8 Å². The van der Waals surface area contributed by atoms with E-state index >= 15 is 0 Å². The Morgan fingerprint density at radius 3 is 2.84 bits per heavy atom. The van der Waals surface area contributed by atoms with Crippen molar-refractivity contribution < 1.29 is 8.42 Å². The third kappa shape index (κ3) is 3.34. The van der Waals surface area contributed by atoms with Crippen LogP contribution in [0.5, 0.6) is 0 Å². The Labute approximate surface area is 112 Å². The summed E-state index contributed by atoms with van der Waals surface area (Å²) in [5.74, 6) is 0.548. The van der Waals surface area contributed by atoms with Gasteiger partial charge >= 0.3 is 0 Å². The van der Waals surface area contributed by atoms with E-state index in [1.807, 2.05) is 13.8 Å².